The Balaban J connectivity index is 0.000000142. The zero-order valence-corrected chi connectivity index (χ0v) is 30.7. The Morgan fingerprint density at radius 2 is 0.963 bits per heavy atom. The maximum atomic E-state index is 14.4. The van der Waals surface area contributed by atoms with E-state index in [1.54, 1.807) is 36.4 Å². The fourth-order valence-corrected chi connectivity index (χ4v) is 9.91. The van der Waals surface area contributed by atoms with Gasteiger partial charge in [0.05, 0.1) is 56.3 Å². The van der Waals surface area contributed by atoms with Crippen LogP contribution >= 0.6 is 46.4 Å². The molecule has 2 aliphatic carbocycles. The largest absolute Gasteiger partial charge is 0.373 e. The number of amides is 2. The van der Waals surface area contributed by atoms with E-state index in [0.717, 1.165) is 12.8 Å². The molecule has 0 radical (unpaired) electrons. The standard InChI is InChI=1S/2C19H14Cl2F2N2O2/c2*20-11-2-1-7(5-12(11)21)25-19(26)14-13(8-3-4-24-18(23)15(8)22)16-9-6-10(9)17(14)27-16/h2*1-5,9-10,13-14,16-17H,6H2,(H,25,26)/t2*9-,10+,13+,14+,16-,17+/m10/s1. The van der Waals surface area contributed by atoms with Crippen molar-refractivity contribution in [3.8, 4) is 0 Å². The Morgan fingerprint density at radius 3 is 1.35 bits per heavy atom. The Hall–Kier alpha value is -3.52. The average Bonchev–Trinajstić information content (AvgIpc) is 3.98. The predicted octanol–water partition coefficient (Wildman–Crippen LogP) is 8.84. The molecule has 12 atom stereocenters. The normalized spacial score (nSPS) is 33.0. The molecular weight excluding hydrogens is 794 g/mol. The zero-order chi connectivity index (χ0) is 37.7. The SMILES string of the molecule is O=C(Nc1ccc(Cl)c(Cl)c1)[C@@H]1[C@H]2O[C@H]([C@@H]3C[C@@H]32)[C@H]1c1ccnc(F)c1F.O=C(Nc1ccc(Cl)c(Cl)c1)[C@H]1[C@@H]2O[C@@H]([C@H]3C[C@H]32)[C@@H]1c1ccnc(F)c1F. The molecule has 4 saturated heterocycles. The van der Waals surface area contributed by atoms with E-state index >= 15 is 0 Å². The topological polar surface area (TPSA) is 102 Å². The minimum Gasteiger partial charge on any atom is -0.373 e. The molecule has 6 fully saturated rings. The molecule has 6 aliphatic rings. The Bertz CT molecular complexity index is 2070. The summed E-state index contributed by atoms with van der Waals surface area (Å²) in [6, 6.07) is 12.4. The number of benzene rings is 2. The minimum absolute atomic E-state index is 0.148. The summed E-state index contributed by atoms with van der Waals surface area (Å²) in [5.74, 6) is -6.00. The first-order chi connectivity index (χ1) is 25.9. The number of hydrogen-bond donors (Lipinski definition) is 2. The van der Waals surface area contributed by atoms with Crippen LogP contribution in [0, 0.1) is 59.0 Å². The number of carbonyl (C=O) groups is 2. The van der Waals surface area contributed by atoms with Crippen LogP contribution in [0.4, 0.5) is 28.9 Å². The molecule has 8 nitrogen and oxygen atoms in total. The fourth-order valence-electron chi connectivity index (χ4n) is 9.31. The second-order valence-electron chi connectivity index (χ2n) is 14.6. The highest BCUT2D eigenvalue weighted by atomic mass is 35.5. The lowest BCUT2D eigenvalue weighted by atomic mass is 9.75. The first-order valence-electron chi connectivity index (χ1n) is 17.3. The smallest absolute Gasteiger partial charge is 0.249 e. The lowest BCUT2D eigenvalue weighted by Crippen LogP contribution is -2.37. The van der Waals surface area contributed by atoms with Crippen molar-refractivity contribution in [2.24, 2.45) is 35.5 Å². The number of pyridine rings is 2. The van der Waals surface area contributed by atoms with E-state index in [1.807, 2.05) is 0 Å². The van der Waals surface area contributed by atoms with E-state index in [9.17, 15) is 27.2 Å². The van der Waals surface area contributed by atoms with Crippen molar-refractivity contribution in [1.29, 1.82) is 0 Å². The third kappa shape index (κ3) is 6.04. The molecule has 16 heteroatoms. The van der Waals surface area contributed by atoms with Gasteiger partial charge in [0.25, 0.3) is 0 Å². The van der Waals surface area contributed by atoms with Gasteiger partial charge in [-0.15, -0.1) is 0 Å². The molecule has 2 aromatic heterocycles. The van der Waals surface area contributed by atoms with Gasteiger partial charge in [-0.05, 0) is 85.0 Å². The second-order valence-corrected chi connectivity index (χ2v) is 16.2. The molecule has 2 N–H and O–H groups in total. The van der Waals surface area contributed by atoms with Crippen molar-refractivity contribution in [2.45, 2.75) is 49.1 Å². The molecule has 4 aliphatic heterocycles. The van der Waals surface area contributed by atoms with E-state index in [4.69, 9.17) is 55.9 Å². The number of aromatic nitrogens is 2. The summed E-state index contributed by atoms with van der Waals surface area (Å²) in [7, 11) is 0. The first-order valence-corrected chi connectivity index (χ1v) is 18.8. The first kappa shape index (κ1) is 36.1. The van der Waals surface area contributed by atoms with E-state index in [0.29, 0.717) is 55.1 Å². The number of halogens is 8. The van der Waals surface area contributed by atoms with Gasteiger partial charge in [-0.2, -0.15) is 8.78 Å². The third-order valence-corrected chi connectivity index (χ3v) is 13.2. The summed E-state index contributed by atoms with van der Waals surface area (Å²) in [6.07, 6.45) is 3.22. The quantitative estimate of drug-likeness (QED) is 0.149. The molecule has 4 bridgehead atoms. The zero-order valence-electron chi connectivity index (χ0n) is 27.7. The lowest BCUT2D eigenvalue weighted by Gasteiger charge is -2.27. The molecule has 2 saturated carbocycles. The fraction of sp³-hybridized carbons (Fsp3) is 0.368. The number of carbonyl (C=O) groups excluding carboxylic acids is 2. The molecule has 280 valence electrons. The maximum absolute atomic E-state index is 14.4. The Morgan fingerprint density at radius 1 is 0.574 bits per heavy atom. The van der Waals surface area contributed by atoms with Crippen LogP contribution in [0.2, 0.25) is 20.1 Å². The molecule has 4 aromatic rings. The third-order valence-electron chi connectivity index (χ3n) is 11.7. The summed E-state index contributed by atoms with van der Waals surface area (Å²) < 4.78 is 68.2. The summed E-state index contributed by atoms with van der Waals surface area (Å²) in [5, 5.41) is 7.03. The highest BCUT2D eigenvalue weighted by Crippen LogP contribution is 2.66. The van der Waals surface area contributed by atoms with Crippen molar-refractivity contribution < 1.29 is 36.6 Å². The predicted molar refractivity (Wildman–Crippen MR) is 191 cm³/mol. The van der Waals surface area contributed by atoms with Crippen LogP contribution in [-0.2, 0) is 19.1 Å². The van der Waals surface area contributed by atoms with Gasteiger partial charge >= 0.3 is 0 Å². The molecule has 10 rings (SSSR count). The van der Waals surface area contributed by atoms with E-state index < -0.39 is 47.2 Å². The summed E-state index contributed by atoms with van der Waals surface area (Å²) in [6.45, 7) is 0. The van der Waals surface area contributed by atoms with Gasteiger partial charge in [0, 0.05) is 46.7 Å². The minimum atomic E-state index is -1.16. The number of fused-ring (bicyclic) bond motifs is 10. The van der Waals surface area contributed by atoms with Crippen molar-refractivity contribution in [3.63, 3.8) is 0 Å². The van der Waals surface area contributed by atoms with Crippen LogP contribution in [0.5, 0.6) is 0 Å². The van der Waals surface area contributed by atoms with Crippen molar-refractivity contribution in [2.75, 3.05) is 10.6 Å². The van der Waals surface area contributed by atoms with Gasteiger partial charge in [-0.25, -0.2) is 18.7 Å². The van der Waals surface area contributed by atoms with Crippen LogP contribution in [0.25, 0.3) is 0 Å². The van der Waals surface area contributed by atoms with Crippen molar-refractivity contribution >= 4 is 69.6 Å². The Kier molecular flexibility index (Phi) is 9.10. The van der Waals surface area contributed by atoms with Crippen LogP contribution in [0.15, 0.2) is 60.9 Å². The highest BCUT2D eigenvalue weighted by Gasteiger charge is 2.70. The average molecular weight is 822 g/mol. The molecule has 2 amide bonds. The van der Waals surface area contributed by atoms with Crippen LogP contribution < -0.4 is 10.6 Å². The number of nitrogens with zero attached hydrogens (tertiary/aromatic N) is 2. The highest BCUT2D eigenvalue weighted by molar-refractivity contribution is 6.42. The monoisotopic (exact) mass is 820 g/mol. The summed E-state index contributed by atoms with van der Waals surface area (Å²) in [4.78, 5) is 32.8. The second kappa shape index (κ2) is 13.6. The van der Waals surface area contributed by atoms with Gasteiger partial charge in [0.1, 0.15) is 0 Å². The molecule has 0 spiro atoms. The number of ether oxygens (including phenoxy) is 2. The maximum Gasteiger partial charge on any atom is 0.249 e. The van der Waals surface area contributed by atoms with Crippen LogP contribution in [0.1, 0.15) is 35.8 Å². The number of nitrogens with one attached hydrogen (secondary N) is 2. The van der Waals surface area contributed by atoms with E-state index in [-0.39, 0.29) is 47.4 Å². The number of rotatable bonds is 6. The number of hydrogen-bond acceptors (Lipinski definition) is 6. The molecule has 54 heavy (non-hydrogen) atoms. The van der Waals surface area contributed by atoms with Gasteiger partial charge in [-0.1, -0.05) is 46.4 Å². The van der Waals surface area contributed by atoms with Gasteiger partial charge < -0.3 is 20.1 Å². The van der Waals surface area contributed by atoms with E-state index in [2.05, 4.69) is 20.6 Å². The van der Waals surface area contributed by atoms with Crippen LogP contribution in [-0.4, -0.2) is 46.2 Å². The van der Waals surface area contributed by atoms with Gasteiger partial charge in [0.2, 0.25) is 23.7 Å². The summed E-state index contributed by atoms with van der Waals surface area (Å²) in [5.41, 5.74) is 1.28. The number of anilines is 2. The van der Waals surface area contributed by atoms with Crippen molar-refractivity contribution in [1.82, 2.24) is 9.97 Å². The van der Waals surface area contributed by atoms with Gasteiger partial charge in [-0.3, -0.25) is 9.59 Å². The van der Waals surface area contributed by atoms with Crippen LogP contribution in [0.3, 0.4) is 0 Å². The molecule has 0 unspecified atom stereocenters. The molecule has 6 heterocycles. The van der Waals surface area contributed by atoms with E-state index in [1.165, 1.54) is 24.5 Å². The van der Waals surface area contributed by atoms with Crippen molar-refractivity contribution in [3.05, 3.63) is 116 Å². The molecule has 2 aromatic carbocycles. The molecular formula is C38H28Cl4F4N4O4. The summed E-state index contributed by atoms with van der Waals surface area (Å²) >= 11 is 23.8. The Labute approximate surface area is 325 Å². The van der Waals surface area contributed by atoms with Gasteiger partial charge in [0.15, 0.2) is 11.6 Å². The lowest BCUT2D eigenvalue weighted by molar-refractivity contribution is -0.122.